The Balaban J connectivity index is 2.26. The van der Waals surface area contributed by atoms with Gasteiger partial charge in [-0.15, -0.1) is 0 Å². The molecule has 0 aliphatic rings. The molecule has 0 amide bonds. The number of esters is 1. The number of hydrogen-bond donors (Lipinski definition) is 0. The van der Waals surface area contributed by atoms with Crippen LogP contribution in [0.4, 0.5) is 0 Å². The third kappa shape index (κ3) is 4.72. The van der Waals surface area contributed by atoms with E-state index in [0.717, 1.165) is 5.03 Å². The normalized spacial score (nSPS) is 9.81. The maximum atomic E-state index is 11.2. The van der Waals surface area contributed by atoms with E-state index in [-0.39, 0.29) is 5.97 Å². The van der Waals surface area contributed by atoms with Crippen LogP contribution in [0.2, 0.25) is 0 Å². The first-order valence-electron chi connectivity index (χ1n) is 4.79. The van der Waals surface area contributed by atoms with Gasteiger partial charge in [0.05, 0.1) is 6.61 Å². The Morgan fingerprint density at radius 1 is 1.56 bits per heavy atom. The lowest BCUT2D eigenvalue weighted by molar-refractivity contribution is -0.138. The molecule has 0 aliphatic heterocycles. The molecule has 0 spiro atoms. The average molecular weight is 255 g/mol. The summed E-state index contributed by atoms with van der Waals surface area (Å²) in [7, 11) is 3.04. The van der Waals surface area contributed by atoms with Crippen LogP contribution in [0.1, 0.15) is 6.92 Å². The van der Waals surface area contributed by atoms with E-state index in [1.807, 2.05) is 18.2 Å². The lowest BCUT2D eigenvalue weighted by Gasteiger charge is -2.04. The summed E-state index contributed by atoms with van der Waals surface area (Å²) >= 11 is 0. The zero-order valence-corrected chi connectivity index (χ0v) is 10.6. The van der Waals surface area contributed by atoms with Crippen molar-refractivity contribution in [2.75, 3.05) is 12.4 Å². The van der Waals surface area contributed by atoms with Crippen LogP contribution in [0.3, 0.4) is 0 Å². The maximum Gasteiger partial charge on any atom is 0.334 e. The van der Waals surface area contributed by atoms with Crippen molar-refractivity contribution in [1.82, 2.24) is 4.98 Å². The van der Waals surface area contributed by atoms with Gasteiger partial charge in [0.15, 0.2) is 0 Å². The molecule has 0 saturated heterocycles. The summed E-state index contributed by atoms with van der Waals surface area (Å²) in [5.41, 5.74) is 0.482. The van der Waals surface area contributed by atoms with Crippen molar-refractivity contribution in [1.29, 1.82) is 0 Å². The van der Waals surface area contributed by atoms with Crippen LogP contribution in [0.5, 0.6) is 0 Å². The summed E-state index contributed by atoms with van der Waals surface area (Å²) in [5, 5.41) is 0.921. The minimum absolute atomic E-state index is 0.323. The number of carbonyl (C=O) groups excluding carboxylic acids is 1. The average Bonchev–Trinajstić information content (AvgIpc) is 2.30. The summed E-state index contributed by atoms with van der Waals surface area (Å²) in [6.07, 6.45) is 1.74. The van der Waals surface area contributed by atoms with E-state index in [1.54, 1.807) is 13.1 Å². The molecule has 0 unspecified atom stereocenters. The highest BCUT2D eigenvalue weighted by atomic mass is 33.1. The van der Waals surface area contributed by atoms with Gasteiger partial charge in [-0.25, -0.2) is 9.78 Å². The number of carbonyl (C=O) groups is 1. The third-order valence-corrected chi connectivity index (χ3v) is 3.80. The zero-order chi connectivity index (χ0) is 11.8. The molecule has 1 rings (SSSR count). The van der Waals surface area contributed by atoms with Gasteiger partial charge >= 0.3 is 5.97 Å². The number of pyridine rings is 1. The molecule has 1 heterocycles. The molecule has 1 aromatic rings. The Bertz CT molecular complexity index is 354. The molecular weight excluding hydrogens is 242 g/mol. The topological polar surface area (TPSA) is 39.2 Å². The van der Waals surface area contributed by atoms with Crippen LogP contribution in [0.25, 0.3) is 0 Å². The van der Waals surface area contributed by atoms with Crippen molar-refractivity contribution < 1.29 is 9.53 Å². The quantitative estimate of drug-likeness (QED) is 0.444. The van der Waals surface area contributed by atoms with Crippen molar-refractivity contribution in [3.05, 3.63) is 36.5 Å². The van der Waals surface area contributed by atoms with E-state index >= 15 is 0 Å². The van der Waals surface area contributed by atoms with Gasteiger partial charge in [-0.1, -0.05) is 23.4 Å². The van der Waals surface area contributed by atoms with Gasteiger partial charge in [-0.2, -0.15) is 0 Å². The minimum Gasteiger partial charge on any atom is -0.463 e. The molecule has 0 saturated carbocycles. The molecule has 3 nitrogen and oxygen atoms in total. The predicted octanol–water partition coefficient (Wildman–Crippen LogP) is 2.94. The summed E-state index contributed by atoms with van der Waals surface area (Å²) in [6, 6.07) is 5.72. The first-order chi connectivity index (χ1) is 7.74. The number of nitrogens with zero attached hydrogens (tertiary/aromatic N) is 1. The highest BCUT2D eigenvalue weighted by Gasteiger charge is 2.07. The fourth-order valence-corrected chi connectivity index (χ4v) is 2.79. The fraction of sp³-hybridized carbons (Fsp3) is 0.273. The Morgan fingerprint density at radius 3 is 3.00 bits per heavy atom. The van der Waals surface area contributed by atoms with Crippen molar-refractivity contribution in [2.45, 2.75) is 11.9 Å². The first-order valence-corrected chi connectivity index (χ1v) is 7.11. The highest BCUT2D eigenvalue weighted by molar-refractivity contribution is 8.76. The smallest absolute Gasteiger partial charge is 0.334 e. The lowest BCUT2D eigenvalue weighted by atomic mass is 10.4. The van der Waals surface area contributed by atoms with Gasteiger partial charge in [0.1, 0.15) is 5.03 Å². The second-order valence-corrected chi connectivity index (χ2v) is 5.15. The summed E-state index contributed by atoms with van der Waals surface area (Å²) < 4.78 is 4.83. The molecule has 16 heavy (non-hydrogen) atoms. The monoisotopic (exact) mass is 255 g/mol. The molecule has 5 heteroatoms. The van der Waals surface area contributed by atoms with Crippen molar-refractivity contribution >= 4 is 27.6 Å². The molecule has 0 radical (unpaired) electrons. The van der Waals surface area contributed by atoms with Gasteiger partial charge in [0.25, 0.3) is 0 Å². The second-order valence-electron chi connectivity index (χ2n) is 2.84. The molecule has 0 aromatic carbocycles. The summed E-state index contributed by atoms with van der Waals surface area (Å²) in [4.78, 5) is 15.4. The zero-order valence-electron chi connectivity index (χ0n) is 9.01. The van der Waals surface area contributed by atoms with E-state index in [4.69, 9.17) is 4.74 Å². The van der Waals surface area contributed by atoms with Gasteiger partial charge in [0.2, 0.25) is 0 Å². The second kappa shape index (κ2) is 7.35. The van der Waals surface area contributed by atoms with Crippen LogP contribution in [0.15, 0.2) is 41.6 Å². The largest absolute Gasteiger partial charge is 0.463 e. The van der Waals surface area contributed by atoms with E-state index in [2.05, 4.69) is 11.6 Å². The highest BCUT2D eigenvalue weighted by Crippen LogP contribution is 2.30. The molecule has 0 fully saturated rings. The molecule has 0 aliphatic carbocycles. The van der Waals surface area contributed by atoms with Gasteiger partial charge in [-0.05, 0) is 29.9 Å². The van der Waals surface area contributed by atoms with E-state index in [1.165, 1.54) is 21.6 Å². The number of ether oxygens (including phenoxy) is 1. The molecular formula is C11H13NO2S2. The SMILES string of the molecule is C=C(CSSc1ccccn1)C(=O)OCC. The fourth-order valence-electron chi connectivity index (χ4n) is 0.849. The number of hydrogen-bond acceptors (Lipinski definition) is 5. The van der Waals surface area contributed by atoms with E-state index in [9.17, 15) is 4.79 Å². The van der Waals surface area contributed by atoms with E-state index < -0.39 is 0 Å². The van der Waals surface area contributed by atoms with Crippen LogP contribution < -0.4 is 0 Å². The van der Waals surface area contributed by atoms with Gasteiger partial charge < -0.3 is 4.74 Å². The lowest BCUT2D eigenvalue weighted by Crippen LogP contribution is -2.07. The number of rotatable bonds is 6. The van der Waals surface area contributed by atoms with Crippen LogP contribution in [-0.4, -0.2) is 23.3 Å². The number of aromatic nitrogens is 1. The standard InChI is InChI=1S/C11H13NO2S2/c1-3-14-11(13)9(2)8-15-16-10-6-4-5-7-12-10/h4-7H,2-3,8H2,1H3. The minimum atomic E-state index is -0.323. The summed E-state index contributed by atoms with van der Waals surface area (Å²) in [5.74, 6) is 0.219. The van der Waals surface area contributed by atoms with Gasteiger partial charge in [-0.3, -0.25) is 0 Å². The Labute approximate surface area is 103 Å². The van der Waals surface area contributed by atoms with Crippen LogP contribution in [-0.2, 0) is 9.53 Å². The van der Waals surface area contributed by atoms with Crippen molar-refractivity contribution in [3.63, 3.8) is 0 Å². The van der Waals surface area contributed by atoms with Crippen molar-refractivity contribution in [2.24, 2.45) is 0 Å². The van der Waals surface area contributed by atoms with Crippen molar-refractivity contribution in [3.8, 4) is 0 Å². The maximum absolute atomic E-state index is 11.2. The van der Waals surface area contributed by atoms with E-state index in [0.29, 0.717) is 17.9 Å². The first kappa shape index (κ1) is 13.1. The Hall–Kier alpha value is -0.940. The molecule has 1 aromatic heterocycles. The molecule has 0 bridgehead atoms. The molecule has 0 atom stereocenters. The van der Waals surface area contributed by atoms with Crippen LogP contribution in [0, 0.1) is 0 Å². The van der Waals surface area contributed by atoms with Crippen LogP contribution >= 0.6 is 21.6 Å². The summed E-state index contributed by atoms with van der Waals surface area (Å²) in [6.45, 7) is 5.84. The Morgan fingerprint density at radius 2 is 2.38 bits per heavy atom. The predicted molar refractivity (Wildman–Crippen MR) is 68.3 cm³/mol. The Kier molecular flexibility index (Phi) is 6.03. The van der Waals surface area contributed by atoms with Gasteiger partial charge in [0, 0.05) is 17.5 Å². The molecule has 0 N–H and O–H groups in total. The molecule has 86 valence electrons. The third-order valence-electron chi connectivity index (χ3n) is 1.58.